The molecule has 2 heterocycles. The van der Waals surface area contributed by atoms with Crippen LogP contribution in [0.4, 0.5) is 0 Å². The molecule has 0 saturated carbocycles. The predicted molar refractivity (Wildman–Crippen MR) is 66.8 cm³/mol. The maximum atomic E-state index is 4.78. The molecule has 0 bridgehead atoms. The van der Waals surface area contributed by atoms with Crippen LogP contribution in [-0.4, -0.2) is 0 Å². The van der Waals surface area contributed by atoms with Crippen LogP contribution in [0.15, 0.2) is 35.0 Å². The SMILES string of the molecule is C#CCC.c1csc(-c2cccs2)c1. The monoisotopic (exact) mass is 220 g/mol. The van der Waals surface area contributed by atoms with Crippen LogP contribution in [0.5, 0.6) is 0 Å². The molecular formula is C12H12S2. The maximum Gasteiger partial charge on any atom is 0.0442 e. The molecule has 2 aromatic heterocycles. The Labute approximate surface area is 93.2 Å². The van der Waals surface area contributed by atoms with Crippen LogP contribution in [0.1, 0.15) is 13.3 Å². The van der Waals surface area contributed by atoms with Crippen molar-refractivity contribution in [1.82, 2.24) is 0 Å². The molecule has 0 radical (unpaired) electrons. The number of thiophene rings is 2. The quantitative estimate of drug-likeness (QED) is 0.620. The van der Waals surface area contributed by atoms with Gasteiger partial charge in [-0.05, 0) is 22.9 Å². The van der Waals surface area contributed by atoms with Gasteiger partial charge in [-0.3, -0.25) is 0 Å². The summed E-state index contributed by atoms with van der Waals surface area (Å²) in [7, 11) is 0. The van der Waals surface area contributed by atoms with Gasteiger partial charge in [0.25, 0.3) is 0 Å². The van der Waals surface area contributed by atoms with E-state index in [0.717, 1.165) is 6.42 Å². The number of hydrogen-bond acceptors (Lipinski definition) is 2. The summed E-state index contributed by atoms with van der Waals surface area (Å²) >= 11 is 3.58. The molecule has 72 valence electrons. The Bertz CT molecular complexity index is 331. The van der Waals surface area contributed by atoms with Gasteiger partial charge in [0.1, 0.15) is 0 Å². The first kappa shape index (κ1) is 11.0. The lowest BCUT2D eigenvalue weighted by molar-refractivity contribution is 1.28. The van der Waals surface area contributed by atoms with Crippen molar-refractivity contribution in [2.75, 3.05) is 0 Å². The van der Waals surface area contributed by atoms with E-state index in [-0.39, 0.29) is 0 Å². The standard InChI is InChI=1S/C8H6S2.C4H6/c1-3-7(9-5-1)8-4-2-6-10-8;1-3-4-2/h1-6H;1H,4H2,2H3. The lowest BCUT2D eigenvalue weighted by atomic mass is 10.4. The molecule has 0 spiro atoms. The molecule has 0 amide bonds. The van der Waals surface area contributed by atoms with Gasteiger partial charge in [0.05, 0.1) is 0 Å². The van der Waals surface area contributed by atoms with E-state index in [1.165, 1.54) is 9.75 Å². The largest absolute Gasteiger partial charge is 0.143 e. The van der Waals surface area contributed by atoms with Gasteiger partial charge in [-0.25, -0.2) is 0 Å². The Morgan fingerprint density at radius 1 is 1.14 bits per heavy atom. The third-order valence-electron chi connectivity index (χ3n) is 1.49. The molecule has 0 saturated heterocycles. The lowest BCUT2D eigenvalue weighted by Crippen LogP contribution is -1.55. The Hall–Kier alpha value is -1.04. The molecule has 0 atom stereocenters. The zero-order valence-electron chi connectivity index (χ0n) is 8.07. The molecule has 0 aliphatic heterocycles. The van der Waals surface area contributed by atoms with Crippen molar-refractivity contribution in [3.63, 3.8) is 0 Å². The number of rotatable bonds is 1. The topological polar surface area (TPSA) is 0 Å². The van der Waals surface area contributed by atoms with Crippen LogP contribution in [0.2, 0.25) is 0 Å². The Balaban J connectivity index is 0.000000213. The second kappa shape index (κ2) is 6.42. The van der Waals surface area contributed by atoms with Crippen LogP contribution >= 0.6 is 22.7 Å². The van der Waals surface area contributed by atoms with Crippen molar-refractivity contribution in [2.24, 2.45) is 0 Å². The first-order valence-corrected chi connectivity index (χ1v) is 6.15. The van der Waals surface area contributed by atoms with Gasteiger partial charge >= 0.3 is 0 Å². The molecule has 2 rings (SSSR count). The molecule has 0 aliphatic carbocycles. The summed E-state index contributed by atoms with van der Waals surface area (Å²) in [5.74, 6) is 2.43. The van der Waals surface area contributed by atoms with E-state index in [1.54, 1.807) is 22.7 Å². The highest BCUT2D eigenvalue weighted by Gasteiger charge is 1.96. The molecule has 2 aromatic rings. The lowest BCUT2D eigenvalue weighted by Gasteiger charge is -1.84. The zero-order chi connectivity index (χ0) is 10.2. The predicted octanol–water partition coefficient (Wildman–Crippen LogP) is 4.51. The van der Waals surface area contributed by atoms with Gasteiger partial charge in [0.15, 0.2) is 0 Å². The normalized spacial score (nSPS) is 8.57. The van der Waals surface area contributed by atoms with Gasteiger partial charge in [-0.15, -0.1) is 35.0 Å². The van der Waals surface area contributed by atoms with Crippen LogP contribution < -0.4 is 0 Å². The average molecular weight is 220 g/mol. The van der Waals surface area contributed by atoms with Crippen LogP contribution in [-0.2, 0) is 0 Å². The molecule has 0 N–H and O–H groups in total. The minimum absolute atomic E-state index is 0.847. The van der Waals surface area contributed by atoms with Crippen molar-refractivity contribution < 1.29 is 0 Å². The fraction of sp³-hybridized carbons (Fsp3) is 0.167. The third-order valence-corrected chi connectivity index (χ3v) is 3.42. The van der Waals surface area contributed by atoms with E-state index in [9.17, 15) is 0 Å². The van der Waals surface area contributed by atoms with Crippen molar-refractivity contribution >= 4 is 22.7 Å². The fourth-order valence-electron chi connectivity index (χ4n) is 0.838. The van der Waals surface area contributed by atoms with Gasteiger partial charge in [0.2, 0.25) is 0 Å². The molecule has 14 heavy (non-hydrogen) atoms. The van der Waals surface area contributed by atoms with E-state index in [4.69, 9.17) is 6.42 Å². The van der Waals surface area contributed by atoms with E-state index in [2.05, 4.69) is 40.9 Å². The van der Waals surface area contributed by atoms with E-state index in [1.807, 2.05) is 6.92 Å². The van der Waals surface area contributed by atoms with Crippen LogP contribution in [0, 0.1) is 12.3 Å². The fourth-order valence-corrected chi connectivity index (χ4v) is 2.42. The Morgan fingerprint density at radius 3 is 1.79 bits per heavy atom. The van der Waals surface area contributed by atoms with Crippen LogP contribution in [0.25, 0.3) is 9.75 Å². The summed E-state index contributed by atoms with van der Waals surface area (Å²) in [5.41, 5.74) is 0. The number of terminal acetylenes is 1. The van der Waals surface area contributed by atoms with E-state index >= 15 is 0 Å². The molecular weight excluding hydrogens is 208 g/mol. The number of hydrogen-bond donors (Lipinski definition) is 0. The minimum atomic E-state index is 0.847. The summed E-state index contributed by atoms with van der Waals surface area (Å²) < 4.78 is 0. The zero-order valence-corrected chi connectivity index (χ0v) is 9.70. The highest BCUT2D eigenvalue weighted by molar-refractivity contribution is 7.20. The van der Waals surface area contributed by atoms with Gasteiger partial charge < -0.3 is 0 Å². The molecule has 0 aliphatic rings. The summed E-state index contributed by atoms with van der Waals surface area (Å²) in [5, 5.41) is 4.21. The summed E-state index contributed by atoms with van der Waals surface area (Å²) in [6.07, 6.45) is 5.62. The molecule has 2 heteroatoms. The molecule has 0 aromatic carbocycles. The molecule has 0 fully saturated rings. The van der Waals surface area contributed by atoms with Crippen LogP contribution in [0.3, 0.4) is 0 Å². The second-order valence-electron chi connectivity index (χ2n) is 2.51. The summed E-state index contributed by atoms with van der Waals surface area (Å²) in [4.78, 5) is 2.74. The van der Waals surface area contributed by atoms with E-state index in [0.29, 0.717) is 0 Å². The summed E-state index contributed by atoms with van der Waals surface area (Å²) in [6.45, 7) is 1.94. The Kier molecular flexibility index (Phi) is 5.06. The van der Waals surface area contributed by atoms with Crippen molar-refractivity contribution in [3.8, 4) is 22.1 Å². The third kappa shape index (κ3) is 3.37. The van der Waals surface area contributed by atoms with Crippen molar-refractivity contribution in [1.29, 1.82) is 0 Å². The van der Waals surface area contributed by atoms with E-state index < -0.39 is 0 Å². The van der Waals surface area contributed by atoms with Gasteiger partial charge in [-0.2, -0.15) is 0 Å². The Morgan fingerprint density at radius 2 is 1.57 bits per heavy atom. The summed E-state index contributed by atoms with van der Waals surface area (Å²) in [6, 6.07) is 8.46. The van der Waals surface area contributed by atoms with Gasteiger partial charge in [-0.1, -0.05) is 19.1 Å². The second-order valence-corrected chi connectivity index (χ2v) is 4.41. The molecule has 0 nitrogen and oxygen atoms in total. The highest BCUT2D eigenvalue weighted by atomic mass is 32.1. The van der Waals surface area contributed by atoms with Crippen molar-refractivity contribution in [2.45, 2.75) is 13.3 Å². The molecule has 0 unspecified atom stereocenters. The average Bonchev–Trinajstić information content (AvgIpc) is 2.89. The van der Waals surface area contributed by atoms with Crippen molar-refractivity contribution in [3.05, 3.63) is 35.0 Å². The van der Waals surface area contributed by atoms with Gasteiger partial charge in [0, 0.05) is 16.2 Å². The first-order valence-electron chi connectivity index (χ1n) is 4.39. The minimum Gasteiger partial charge on any atom is -0.143 e. The first-order chi connectivity index (χ1) is 6.88. The smallest absolute Gasteiger partial charge is 0.0442 e. The highest BCUT2D eigenvalue weighted by Crippen LogP contribution is 2.28. The maximum absolute atomic E-state index is 4.78.